The van der Waals surface area contributed by atoms with Crippen molar-refractivity contribution in [1.29, 1.82) is 0 Å². The van der Waals surface area contributed by atoms with Gasteiger partial charge in [-0.2, -0.15) is 0 Å². The Bertz CT molecular complexity index is 635. The van der Waals surface area contributed by atoms with Gasteiger partial charge in [-0.25, -0.2) is 4.79 Å². The van der Waals surface area contributed by atoms with Crippen LogP contribution in [0.25, 0.3) is 0 Å². The molecular formula is C20H28N2O3. The van der Waals surface area contributed by atoms with Crippen molar-refractivity contribution in [2.45, 2.75) is 40.2 Å². The topological polar surface area (TPSA) is 54.7 Å². The van der Waals surface area contributed by atoms with Crippen molar-refractivity contribution in [3.63, 3.8) is 0 Å². The minimum Gasteiger partial charge on any atom is -0.494 e. The van der Waals surface area contributed by atoms with E-state index in [0.29, 0.717) is 19.1 Å². The summed E-state index contributed by atoms with van der Waals surface area (Å²) in [6.07, 6.45) is 2.57. The van der Waals surface area contributed by atoms with E-state index in [0.717, 1.165) is 23.6 Å². The number of hydrogen-bond acceptors (Lipinski definition) is 3. The zero-order chi connectivity index (χ0) is 18.2. The van der Waals surface area contributed by atoms with Crippen LogP contribution in [0, 0.1) is 5.92 Å². The van der Waals surface area contributed by atoms with Crippen molar-refractivity contribution in [1.82, 2.24) is 4.90 Å². The molecule has 0 bridgehead atoms. The summed E-state index contributed by atoms with van der Waals surface area (Å²) in [4.78, 5) is 14.6. The van der Waals surface area contributed by atoms with Gasteiger partial charge in [0.1, 0.15) is 11.5 Å². The molecule has 0 aliphatic heterocycles. The fourth-order valence-electron chi connectivity index (χ4n) is 2.55. The molecule has 0 aliphatic rings. The number of anilines is 1. The van der Waals surface area contributed by atoms with Crippen molar-refractivity contribution in [3.8, 4) is 5.75 Å². The monoisotopic (exact) mass is 344 g/mol. The first kappa shape index (κ1) is 18.9. The first-order chi connectivity index (χ1) is 12.0. The number of furan rings is 1. The summed E-state index contributed by atoms with van der Waals surface area (Å²) in [6.45, 7) is 9.52. The summed E-state index contributed by atoms with van der Waals surface area (Å²) in [5.74, 6) is 2.09. The lowest BCUT2D eigenvalue weighted by Crippen LogP contribution is -2.38. The molecule has 0 radical (unpaired) electrons. The molecule has 1 N–H and O–H groups in total. The Balaban J connectivity index is 2.08. The largest absolute Gasteiger partial charge is 0.494 e. The molecule has 5 nitrogen and oxygen atoms in total. The Labute approximate surface area is 150 Å². The van der Waals surface area contributed by atoms with E-state index in [9.17, 15) is 4.79 Å². The number of carbonyl (C=O) groups excluding carboxylic acids is 1. The molecule has 5 heteroatoms. The molecule has 2 rings (SSSR count). The summed E-state index contributed by atoms with van der Waals surface area (Å²) >= 11 is 0. The van der Waals surface area contributed by atoms with Gasteiger partial charge in [0.2, 0.25) is 0 Å². The van der Waals surface area contributed by atoms with E-state index in [1.54, 1.807) is 6.26 Å². The maximum absolute atomic E-state index is 12.8. The van der Waals surface area contributed by atoms with Crippen molar-refractivity contribution < 1.29 is 13.9 Å². The smallest absolute Gasteiger partial charge is 0.322 e. The van der Waals surface area contributed by atoms with Gasteiger partial charge < -0.3 is 19.4 Å². The van der Waals surface area contributed by atoms with Crippen molar-refractivity contribution >= 4 is 11.7 Å². The maximum atomic E-state index is 12.8. The van der Waals surface area contributed by atoms with E-state index in [1.165, 1.54) is 0 Å². The summed E-state index contributed by atoms with van der Waals surface area (Å²) in [5, 5.41) is 2.97. The van der Waals surface area contributed by atoms with Crippen LogP contribution in [-0.2, 0) is 0 Å². The van der Waals surface area contributed by atoms with Gasteiger partial charge >= 0.3 is 6.03 Å². The maximum Gasteiger partial charge on any atom is 0.322 e. The lowest BCUT2D eigenvalue weighted by molar-refractivity contribution is 0.179. The molecule has 0 aliphatic carbocycles. The van der Waals surface area contributed by atoms with Crippen LogP contribution in [0.4, 0.5) is 10.5 Å². The van der Waals surface area contributed by atoms with Crippen LogP contribution in [0.2, 0.25) is 0 Å². The predicted molar refractivity (Wildman–Crippen MR) is 99.9 cm³/mol. The molecule has 1 aromatic carbocycles. The Morgan fingerprint density at radius 2 is 1.92 bits per heavy atom. The molecular weight excluding hydrogens is 316 g/mol. The van der Waals surface area contributed by atoms with E-state index in [-0.39, 0.29) is 12.1 Å². The minimum atomic E-state index is -0.131. The highest BCUT2D eigenvalue weighted by Gasteiger charge is 2.23. The Morgan fingerprint density at radius 1 is 1.20 bits per heavy atom. The van der Waals surface area contributed by atoms with Crippen LogP contribution in [0.5, 0.6) is 5.75 Å². The molecule has 1 heterocycles. The van der Waals surface area contributed by atoms with Crippen LogP contribution in [0.15, 0.2) is 47.1 Å². The summed E-state index contributed by atoms with van der Waals surface area (Å²) in [5.41, 5.74) is 0.745. The molecule has 0 spiro atoms. The molecule has 0 saturated carbocycles. The summed E-state index contributed by atoms with van der Waals surface area (Å²) in [7, 11) is 0. The van der Waals surface area contributed by atoms with E-state index < -0.39 is 0 Å². The van der Waals surface area contributed by atoms with Crippen molar-refractivity contribution in [3.05, 3.63) is 48.4 Å². The quantitative estimate of drug-likeness (QED) is 0.705. The van der Waals surface area contributed by atoms with Gasteiger partial charge in [-0.1, -0.05) is 13.8 Å². The number of carbonyl (C=O) groups is 1. The lowest BCUT2D eigenvalue weighted by atomic mass is 10.1. The minimum absolute atomic E-state index is 0.128. The fraction of sp³-hybridized carbons (Fsp3) is 0.450. The number of urea groups is 1. The van der Waals surface area contributed by atoms with Gasteiger partial charge in [-0.15, -0.1) is 0 Å². The molecule has 2 aromatic rings. The number of nitrogens with one attached hydrogen (secondary N) is 1. The third-order valence-electron chi connectivity index (χ3n) is 4.05. The second kappa shape index (κ2) is 9.16. The molecule has 25 heavy (non-hydrogen) atoms. The van der Waals surface area contributed by atoms with E-state index in [2.05, 4.69) is 19.2 Å². The van der Waals surface area contributed by atoms with Crippen LogP contribution in [0.3, 0.4) is 0 Å². The van der Waals surface area contributed by atoms with E-state index in [1.807, 2.05) is 55.1 Å². The van der Waals surface area contributed by atoms with Gasteiger partial charge in [0.25, 0.3) is 0 Å². The Morgan fingerprint density at radius 3 is 2.48 bits per heavy atom. The molecule has 2 amide bonds. The number of rotatable bonds is 8. The van der Waals surface area contributed by atoms with Gasteiger partial charge in [0.15, 0.2) is 0 Å². The second-order valence-corrected chi connectivity index (χ2v) is 6.45. The molecule has 0 saturated heterocycles. The normalized spacial score (nSPS) is 12.0. The van der Waals surface area contributed by atoms with Crippen LogP contribution in [-0.4, -0.2) is 24.1 Å². The van der Waals surface area contributed by atoms with Gasteiger partial charge in [0.05, 0.1) is 18.9 Å². The SMILES string of the molecule is CCOc1ccc(NC(=O)N(CCC(C)C)[C@@H](C)c2ccco2)cc1. The number of amides is 2. The van der Waals surface area contributed by atoms with E-state index in [4.69, 9.17) is 9.15 Å². The summed E-state index contributed by atoms with van der Waals surface area (Å²) in [6, 6.07) is 10.9. The number of benzene rings is 1. The van der Waals surface area contributed by atoms with Gasteiger partial charge in [-0.05, 0) is 62.6 Å². The highest BCUT2D eigenvalue weighted by atomic mass is 16.5. The average molecular weight is 344 g/mol. The van der Waals surface area contributed by atoms with Crippen LogP contribution >= 0.6 is 0 Å². The zero-order valence-corrected chi connectivity index (χ0v) is 15.5. The van der Waals surface area contributed by atoms with Gasteiger partial charge in [0, 0.05) is 12.2 Å². The van der Waals surface area contributed by atoms with Crippen LogP contribution < -0.4 is 10.1 Å². The molecule has 0 unspecified atom stereocenters. The highest BCUT2D eigenvalue weighted by Crippen LogP contribution is 2.23. The Kier molecular flexibility index (Phi) is 6.92. The first-order valence-corrected chi connectivity index (χ1v) is 8.85. The number of ether oxygens (including phenoxy) is 1. The highest BCUT2D eigenvalue weighted by molar-refractivity contribution is 5.89. The van der Waals surface area contributed by atoms with Crippen LogP contribution in [0.1, 0.15) is 45.9 Å². The fourth-order valence-corrected chi connectivity index (χ4v) is 2.55. The Hall–Kier alpha value is -2.43. The van der Waals surface area contributed by atoms with Crippen molar-refractivity contribution in [2.24, 2.45) is 5.92 Å². The molecule has 0 fully saturated rings. The second-order valence-electron chi connectivity index (χ2n) is 6.45. The van der Waals surface area contributed by atoms with Crippen molar-refractivity contribution in [2.75, 3.05) is 18.5 Å². The number of nitrogens with zero attached hydrogens (tertiary/aromatic N) is 1. The third kappa shape index (κ3) is 5.55. The van der Waals surface area contributed by atoms with Gasteiger partial charge in [-0.3, -0.25) is 0 Å². The summed E-state index contributed by atoms with van der Waals surface area (Å²) < 4.78 is 10.9. The average Bonchev–Trinajstić information content (AvgIpc) is 3.11. The molecule has 136 valence electrons. The molecule has 1 atom stereocenters. The third-order valence-corrected chi connectivity index (χ3v) is 4.05. The first-order valence-electron chi connectivity index (χ1n) is 8.85. The lowest BCUT2D eigenvalue weighted by Gasteiger charge is -2.29. The standard InChI is InChI=1S/C20H28N2O3/c1-5-24-18-10-8-17(9-11-18)21-20(23)22(13-12-15(2)3)16(4)19-7-6-14-25-19/h6-11,14-16H,5,12-13H2,1-4H3,(H,21,23)/t16-/m0/s1. The molecule has 1 aromatic heterocycles. The van der Waals surface area contributed by atoms with E-state index >= 15 is 0 Å². The zero-order valence-electron chi connectivity index (χ0n) is 15.5. The number of hydrogen-bond donors (Lipinski definition) is 1. The predicted octanol–water partition coefficient (Wildman–Crippen LogP) is 5.32.